The number of hydroxylamine groups is 3. The second-order valence-corrected chi connectivity index (χ2v) is 5.80. The fourth-order valence-corrected chi connectivity index (χ4v) is 2.39. The quantitative estimate of drug-likeness (QED) is 0.269. The topological polar surface area (TPSA) is 111 Å². The Morgan fingerprint density at radius 1 is 1.15 bits per heavy atom. The van der Waals surface area contributed by atoms with Crippen LogP contribution in [0.15, 0.2) is 0 Å². The van der Waals surface area contributed by atoms with Crippen molar-refractivity contribution in [2.24, 2.45) is 5.73 Å². The van der Waals surface area contributed by atoms with Gasteiger partial charge in [-0.1, -0.05) is 0 Å². The van der Waals surface area contributed by atoms with E-state index in [-0.39, 0.29) is 26.4 Å². The van der Waals surface area contributed by atoms with Gasteiger partial charge in [0.25, 0.3) is 0 Å². The summed E-state index contributed by atoms with van der Waals surface area (Å²) in [6, 6.07) is 0. The van der Waals surface area contributed by atoms with E-state index in [1.54, 1.807) is 0 Å². The van der Waals surface area contributed by atoms with Crippen LogP contribution in [0, 0.1) is 0 Å². The van der Waals surface area contributed by atoms with Crippen molar-refractivity contribution in [2.75, 3.05) is 46.0 Å². The van der Waals surface area contributed by atoms with Crippen LogP contribution in [0.25, 0.3) is 0 Å². The fraction of sp³-hybridized carbons (Fsp3) is 1.00. The Kier molecular flexibility index (Phi) is 9.78. The van der Waals surface area contributed by atoms with Crippen LogP contribution in [0.3, 0.4) is 0 Å². The van der Waals surface area contributed by atoms with Gasteiger partial charge in [0.05, 0.1) is 13.2 Å². The van der Waals surface area contributed by atoms with E-state index >= 15 is 0 Å². The van der Waals surface area contributed by atoms with Gasteiger partial charge in [0, 0.05) is 6.54 Å². The highest BCUT2D eigenvalue weighted by Gasteiger charge is 2.26. The second kappa shape index (κ2) is 9.81. The van der Waals surface area contributed by atoms with Crippen LogP contribution in [0.2, 0.25) is 0 Å². The molecular formula is C11H28N2O6P+. The Hall–Kier alpha value is -0.0500. The van der Waals surface area contributed by atoms with Crippen molar-refractivity contribution >= 4 is 7.82 Å². The fourth-order valence-electron chi connectivity index (χ4n) is 1.62. The molecule has 0 saturated heterocycles. The average Bonchev–Trinajstić information content (AvgIpc) is 2.45. The van der Waals surface area contributed by atoms with Gasteiger partial charge < -0.3 is 15.7 Å². The van der Waals surface area contributed by atoms with Gasteiger partial charge in [-0.15, -0.1) is 0 Å². The summed E-state index contributed by atoms with van der Waals surface area (Å²) in [7, 11) is -4.15. The van der Waals surface area contributed by atoms with E-state index in [1.165, 1.54) is 0 Å². The van der Waals surface area contributed by atoms with E-state index in [0.717, 1.165) is 19.6 Å². The standard InChI is InChI=1S/C11H27N2O6P/c1-4-13(5-2,6-3)17-9-11(14)10-19-20(15,16)18-8-7-12/h11,14H,4-10,12H2,1-3H3/p+1. The first-order chi connectivity index (χ1) is 9.34. The molecule has 0 radical (unpaired) electrons. The van der Waals surface area contributed by atoms with Crippen molar-refractivity contribution in [1.82, 2.24) is 0 Å². The maximum absolute atomic E-state index is 11.3. The number of phosphoric acid groups is 1. The zero-order chi connectivity index (χ0) is 15.6. The third kappa shape index (κ3) is 7.66. The number of hydrogen-bond donors (Lipinski definition) is 3. The zero-order valence-electron chi connectivity index (χ0n) is 12.5. The molecule has 20 heavy (non-hydrogen) atoms. The number of nitrogens with zero attached hydrogens (tertiary/aromatic N) is 1. The van der Waals surface area contributed by atoms with E-state index in [9.17, 15) is 14.6 Å². The first kappa shape index (κ1) is 19.9. The zero-order valence-corrected chi connectivity index (χ0v) is 13.4. The molecule has 0 aromatic heterocycles. The summed E-state index contributed by atoms with van der Waals surface area (Å²) < 4.78 is 21.0. The van der Waals surface area contributed by atoms with Crippen LogP contribution in [0.1, 0.15) is 20.8 Å². The van der Waals surface area contributed by atoms with Crippen molar-refractivity contribution in [1.29, 1.82) is 0 Å². The molecule has 0 bridgehead atoms. The molecule has 2 unspecified atom stereocenters. The maximum Gasteiger partial charge on any atom is 0.472 e. The van der Waals surface area contributed by atoms with Crippen molar-refractivity contribution in [3.63, 3.8) is 0 Å². The molecule has 0 aliphatic carbocycles. The highest BCUT2D eigenvalue weighted by atomic mass is 31.2. The summed E-state index contributed by atoms with van der Waals surface area (Å²) in [5.41, 5.74) is 5.15. The number of hydrogen-bond acceptors (Lipinski definition) is 6. The monoisotopic (exact) mass is 315 g/mol. The minimum absolute atomic E-state index is 0.0202. The molecule has 0 fully saturated rings. The van der Waals surface area contributed by atoms with Gasteiger partial charge >= 0.3 is 7.82 Å². The van der Waals surface area contributed by atoms with Gasteiger partial charge in [0.2, 0.25) is 0 Å². The minimum atomic E-state index is -4.15. The number of phosphoric ester groups is 1. The predicted molar refractivity (Wildman–Crippen MR) is 74.6 cm³/mol. The molecule has 0 aliphatic rings. The summed E-state index contributed by atoms with van der Waals surface area (Å²) in [5, 5.41) is 9.72. The van der Waals surface area contributed by atoms with Crippen LogP contribution in [0.4, 0.5) is 0 Å². The van der Waals surface area contributed by atoms with Crippen LogP contribution in [-0.2, 0) is 18.5 Å². The van der Waals surface area contributed by atoms with E-state index in [1.807, 2.05) is 20.8 Å². The lowest BCUT2D eigenvalue weighted by Gasteiger charge is -2.33. The molecule has 122 valence electrons. The van der Waals surface area contributed by atoms with Crippen LogP contribution in [0.5, 0.6) is 0 Å². The molecule has 4 N–H and O–H groups in total. The number of aliphatic hydroxyl groups excluding tert-OH is 1. The van der Waals surface area contributed by atoms with E-state index in [4.69, 9.17) is 10.6 Å². The van der Waals surface area contributed by atoms with Crippen molar-refractivity contribution in [2.45, 2.75) is 26.9 Å². The summed E-state index contributed by atoms with van der Waals surface area (Å²) in [6.45, 7) is 8.04. The Bertz CT molecular complexity index is 292. The second-order valence-electron chi connectivity index (χ2n) is 4.34. The molecule has 0 aromatic rings. The molecule has 0 aromatic carbocycles. The van der Waals surface area contributed by atoms with Crippen LogP contribution < -0.4 is 5.73 Å². The third-order valence-corrected chi connectivity index (χ3v) is 4.06. The highest BCUT2D eigenvalue weighted by Crippen LogP contribution is 2.42. The smallest absolute Gasteiger partial charge is 0.388 e. The molecule has 0 heterocycles. The summed E-state index contributed by atoms with van der Waals surface area (Å²) in [4.78, 5) is 14.9. The van der Waals surface area contributed by atoms with Gasteiger partial charge in [-0.05, 0) is 20.8 Å². The normalized spacial score (nSPS) is 16.9. The Balaban J connectivity index is 4.11. The molecule has 0 rings (SSSR count). The highest BCUT2D eigenvalue weighted by molar-refractivity contribution is 7.47. The Labute approximate surface area is 120 Å². The predicted octanol–water partition coefficient (Wildman–Crippen LogP) is 0.248. The van der Waals surface area contributed by atoms with Gasteiger partial charge in [0.1, 0.15) is 32.3 Å². The molecule has 0 spiro atoms. The lowest BCUT2D eigenvalue weighted by molar-refractivity contribution is -1.10. The molecule has 0 saturated carbocycles. The number of rotatable bonds is 12. The van der Waals surface area contributed by atoms with Crippen LogP contribution in [-0.4, -0.2) is 66.7 Å². The number of nitrogens with two attached hydrogens (primary N) is 1. The summed E-state index contributed by atoms with van der Waals surface area (Å²) in [6.07, 6.45) is -1.00. The van der Waals surface area contributed by atoms with E-state index in [2.05, 4.69) is 9.05 Å². The van der Waals surface area contributed by atoms with Crippen molar-refractivity contribution < 1.29 is 33.1 Å². The lowest BCUT2D eigenvalue weighted by atomic mass is 10.4. The molecule has 0 amide bonds. The molecule has 0 aliphatic heterocycles. The number of aliphatic hydroxyl groups is 1. The first-order valence-corrected chi connectivity index (χ1v) is 8.34. The minimum Gasteiger partial charge on any atom is -0.388 e. The molecular weight excluding hydrogens is 287 g/mol. The van der Waals surface area contributed by atoms with Gasteiger partial charge in [-0.2, -0.15) is 4.65 Å². The van der Waals surface area contributed by atoms with Crippen LogP contribution >= 0.6 is 7.82 Å². The Morgan fingerprint density at radius 2 is 1.70 bits per heavy atom. The number of quaternary nitrogens is 1. The van der Waals surface area contributed by atoms with Crippen molar-refractivity contribution in [3.8, 4) is 0 Å². The summed E-state index contributed by atoms with van der Waals surface area (Å²) in [5.74, 6) is 0. The van der Waals surface area contributed by atoms with Gasteiger partial charge in [-0.25, -0.2) is 9.40 Å². The third-order valence-electron chi connectivity index (χ3n) is 3.07. The maximum atomic E-state index is 11.3. The lowest BCUT2D eigenvalue weighted by Crippen LogP contribution is -2.49. The molecule has 8 nitrogen and oxygen atoms in total. The van der Waals surface area contributed by atoms with Crippen molar-refractivity contribution in [3.05, 3.63) is 0 Å². The molecule has 9 heteroatoms. The SMILES string of the molecule is CC[N+](CC)(CC)OCC(O)COP(=O)(O)OCCN. The van der Waals surface area contributed by atoms with Gasteiger partial charge in [-0.3, -0.25) is 9.05 Å². The van der Waals surface area contributed by atoms with E-state index < -0.39 is 13.9 Å². The largest absolute Gasteiger partial charge is 0.472 e. The first-order valence-electron chi connectivity index (χ1n) is 6.85. The average molecular weight is 315 g/mol. The summed E-state index contributed by atoms with van der Waals surface area (Å²) >= 11 is 0. The van der Waals surface area contributed by atoms with E-state index in [0.29, 0.717) is 4.65 Å². The van der Waals surface area contributed by atoms with Gasteiger partial charge in [0.15, 0.2) is 0 Å². The Morgan fingerprint density at radius 3 is 2.15 bits per heavy atom. The molecule has 2 atom stereocenters.